The molecule has 0 fully saturated rings. The van der Waals surface area contributed by atoms with Gasteiger partial charge in [0.15, 0.2) is 11.5 Å². The number of methoxy groups -OCH3 is 2. The normalized spacial score (nSPS) is 14.6. The van der Waals surface area contributed by atoms with Crippen molar-refractivity contribution in [3.63, 3.8) is 0 Å². The highest BCUT2D eigenvalue weighted by Gasteiger charge is 2.41. The van der Waals surface area contributed by atoms with Crippen molar-refractivity contribution in [1.29, 1.82) is 0 Å². The molecular weight excluding hydrogens is 436 g/mol. The average molecular weight is 458 g/mol. The summed E-state index contributed by atoms with van der Waals surface area (Å²) in [4.78, 5) is 28.5. The Morgan fingerprint density at radius 3 is 2.35 bits per heavy atom. The Bertz CT molecular complexity index is 1330. The minimum Gasteiger partial charge on any atom is -0.497 e. The zero-order valence-corrected chi connectivity index (χ0v) is 18.9. The van der Waals surface area contributed by atoms with Crippen LogP contribution < -0.4 is 29.2 Å². The van der Waals surface area contributed by atoms with E-state index in [9.17, 15) is 9.59 Å². The van der Waals surface area contributed by atoms with Crippen LogP contribution in [-0.4, -0.2) is 32.8 Å². The van der Waals surface area contributed by atoms with Gasteiger partial charge in [-0.05, 0) is 54.4 Å². The molecule has 2 aliphatic rings. The van der Waals surface area contributed by atoms with Crippen LogP contribution >= 0.6 is 0 Å². The molecule has 1 N–H and O–H groups in total. The third-order valence-electron chi connectivity index (χ3n) is 5.68. The Labute approximate surface area is 196 Å². The molecule has 172 valence electrons. The predicted molar refractivity (Wildman–Crippen MR) is 126 cm³/mol. The van der Waals surface area contributed by atoms with Crippen LogP contribution in [0, 0.1) is 6.92 Å². The van der Waals surface area contributed by atoms with E-state index < -0.39 is 11.8 Å². The standard InChI is InChI=1S/C26H22N2O6/c1-15-4-10-20(32-3)19(12-15)28-25(29)23(16-5-8-18(31-2)9-6-16)24(26(28)30)27-17-7-11-21-22(13-17)34-14-33-21/h4-13,27H,14H2,1-3H3. The molecule has 0 aliphatic carbocycles. The second kappa shape index (κ2) is 8.47. The van der Waals surface area contributed by atoms with Crippen molar-refractivity contribution in [2.45, 2.75) is 6.92 Å². The third kappa shape index (κ3) is 3.59. The largest absolute Gasteiger partial charge is 0.497 e. The first kappa shape index (κ1) is 21.4. The molecule has 0 unspecified atom stereocenters. The zero-order chi connectivity index (χ0) is 23.8. The van der Waals surface area contributed by atoms with Crippen LogP contribution in [0.2, 0.25) is 0 Å². The molecule has 0 saturated carbocycles. The lowest BCUT2D eigenvalue weighted by Crippen LogP contribution is -2.32. The summed E-state index contributed by atoms with van der Waals surface area (Å²) in [5, 5.41) is 3.14. The number of rotatable bonds is 6. The van der Waals surface area contributed by atoms with E-state index in [1.165, 1.54) is 7.11 Å². The lowest BCUT2D eigenvalue weighted by molar-refractivity contribution is -0.120. The van der Waals surface area contributed by atoms with Gasteiger partial charge in [0.2, 0.25) is 6.79 Å². The van der Waals surface area contributed by atoms with E-state index in [0.717, 1.165) is 10.5 Å². The maximum atomic E-state index is 13.7. The molecule has 0 bridgehead atoms. The molecule has 8 nitrogen and oxygen atoms in total. The van der Waals surface area contributed by atoms with Gasteiger partial charge in [0, 0.05) is 11.8 Å². The molecule has 0 aromatic heterocycles. The van der Waals surface area contributed by atoms with Gasteiger partial charge in [-0.3, -0.25) is 9.59 Å². The van der Waals surface area contributed by atoms with Crippen molar-refractivity contribution < 1.29 is 28.5 Å². The molecule has 0 saturated heterocycles. The minimum atomic E-state index is -0.489. The first-order valence-corrected chi connectivity index (χ1v) is 10.6. The number of nitrogens with one attached hydrogen (secondary N) is 1. The Balaban J connectivity index is 1.61. The van der Waals surface area contributed by atoms with Crippen molar-refractivity contribution in [1.82, 2.24) is 0 Å². The minimum absolute atomic E-state index is 0.136. The van der Waals surface area contributed by atoms with Gasteiger partial charge < -0.3 is 24.3 Å². The Morgan fingerprint density at radius 2 is 1.62 bits per heavy atom. The van der Waals surface area contributed by atoms with Crippen LogP contribution in [0.3, 0.4) is 0 Å². The maximum absolute atomic E-state index is 13.7. The van der Waals surface area contributed by atoms with Gasteiger partial charge in [0.1, 0.15) is 17.2 Å². The van der Waals surface area contributed by atoms with Crippen molar-refractivity contribution >= 4 is 28.8 Å². The number of fused-ring (bicyclic) bond motifs is 1. The van der Waals surface area contributed by atoms with Crippen LogP contribution in [0.25, 0.3) is 5.57 Å². The first-order chi connectivity index (χ1) is 16.5. The highest BCUT2D eigenvalue weighted by atomic mass is 16.7. The number of anilines is 2. The Kier molecular flexibility index (Phi) is 5.33. The lowest BCUT2D eigenvalue weighted by Gasteiger charge is -2.19. The fraction of sp³-hybridized carbons (Fsp3) is 0.154. The molecule has 3 aromatic rings. The monoisotopic (exact) mass is 458 g/mol. The van der Waals surface area contributed by atoms with Gasteiger partial charge in [-0.15, -0.1) is 0 Å². The maximum Gasteiger partial charge on any atom is 0.282 e. The Hall–Kier alpha value is -4.46. The highest BCUT2D eigenvalue weighted by Crippen LogP contribution is 2.40. The van der Waals surface area contributed by atoms with E-state index in [-0.39, 0.29) is 18.1 Å². The summed E-state index contributed by atoms with van der Waals surface area (Å²) in [6.45, 7) is 2.02. The average Bonchev–Trinajstić information content (AvgIpc) is 3.41. The molecule has 0 atom stereocenters. The summed E-state index contributed by atoms with van der Waals surface area (Å²) in [6, 6.07) is 17.6. The van der Waals surface area contributed by atoms with Crippen molar-refractivity contribution in [2.24, 2.45) is 0 Å². The first-order valence-electron chi connectivity index (χ1n) is 10.6. The summed E-state index contributed by atoms with van der Waals surface area (Å²) < 4.78 is 21.5. The van der Waals surface area contributed by atoms with Gasteiger partial charge in [0.05, 0.1) is 25.5 Å². The number of benzene rings is 3. The van der Waals surface area contributed by atoms with Gasteiger partial charge >= 0.3 is 0 Å². The summed E-state index contributed by atoms with van der Waals surface area (Å²) in [5.74, 6) is 1.30. The Morgan fingerprint density at radius 1 is 0.853 bits per heavy atom. The number of hydrogen-bond acceptors (Lipinski definition) is 7. The number of nitrogens with zero attached hydrogens (tertiary/aromatic N) is 1. The van der Waals surface area contributed by atoms with Crippen molar-refractivity contribution in [3.05, 3.63) is 77.5 Å². The molecule has 5 rings (SSSR count). The van der Waals surface area contributed by atoms with E-state index in [2.05, 4.69) is 5.32 Å². The van der Waals surface area contributed by atoms with E-state index >= 15 is 0 Å². The number of aryl methyl sites for hydroxylation is 1. The number of hydrogen-bond donors (Lipinski definition) is 1. The zero-order valence-electron chi connectivity index (χ0n) is 18.9. The van der Waals surface area contributed by atoms with Crippen molar-refractivity contribution in [2.75, 3.05) is 31.2 Å². The molecule has 8 heteroatoms. The number of imide groups is 1. The van der Waals surface area contributed by atoms with Crippen LogP contribution in [0.4, 0.5) is 11.4 Å². The summed E-state index contributed by atoms with van der Waals surface area (Å²) in [7, 11) is 3.07. The van der Waals surface area contributed by atoms with E-state index in [4.69, 9.17) is 18.9 Å². The molecule has 2 amide bonds. The van der Waals surface area contributed by atoms with Gasteiger partial charge in [-0.2, -0.15) is 0 Å². The number of carbonyl (C=O) groups is 2. The third-order valence-corrected chi connectivity index (χ3v) is 5.68. The topological polar surface area (TPSA) is 86.3 Å². The number of carbonyl (C=O) groups excluding carboxylic acids is 2. The lowest BCUT2D eigenvalue weighted by atomic mass is 10.0. The van der Waals surface area contributed by atoms with Gasteiger partial charge in [-0.1, -0.05) is 18.2 Å². The fourth-order valence-corrected chi connectivity index (χ4v) is 3.98. The quantitative estimate of drug-likeness (QED) is 0.556. The summed E-state index contributed by atoms with van der Waals surface area (Å²) in [6.07, 6.45) is 0. The molecule has 0 spiro atoms. The van der Waals surface area contributed by atoms with Gasteiger partial charge in [-0.25, -0.2) is 4.90 Å². The number of ether oxygens (including phenoxy) is 4. The fourth-order valence-electron chi connectivity index (χ4n) is 3.98. The smallest absolute Gasteiger partial charge is 0.282 e. The summed E-state index contributed by atoms with van der Waals surface area (Å²) in [5.41, 5.74) is 2.83. The van der Waals surface area contributed by atoms with Crippen LogP contribution in [0.1, 0.15) is 11.1 Å². The predicted octanol–water partition coefficient (Wildman–Crippen LogP) is 4.14. The SMILES string of the molecule is COc1ccc(C2=C(Nc3ccc4c(c3)OCO4)C(=O)N(c3cc(C)ccc3OC)C2=O)cc1. The van der Waals surface area contributed by atoms with E-state index in [1.54, 1.807) is 61.7 Å². The van der Waals surface area contributed by atoms with Crippen LogP contribution in [0.15, 0.2) is 66.4 Å². The molecule has 3 aromatic carbocycles. The van der Waals surface area contributed by atoms with Gasteiger partial charge in [0.25, 0.3) is 11.8 Å². The molecule has 34 heavy (non-hydrogen) atoms. The molecule has 0 radical (unpaired) electrons. The van der Waals surface area contributed by atoms with E-state index in [1.807, 2.05) is 13.0 Å². The van der Waals surface area contributed by atoms with E-state index in [0.29, 0.717) is 39.9 Å². The molecule has 2 heterocycles. The van der Waals surface area contributed by atoms with Crippen LogP contribution in [0.5, 0.6) is 23.0 Å². The highest BCUT2D eigenvalue weighted by molar-refractivity contribution is 6.46. The second-order valence-corrected chi connectivity index (χ2v) is 7.79. The van der Waals surface area contributed by atoms with Crippen molar-refractivity contribution in [3.8, 4) is 23.0 Å². The second-order valence-electron chi connectivity index (χ2n) is 7.79. The summed E-state index contributed by atoms with van der Waals surface area (Å²) >= 11 is 0. The number of amides is 2. The van der Waals surface area contributed by atoms with Crippen LogP contribution in [-0.2, 0) is 9.59 Å². The molecular formula is C26H22N2O6. The molecule has 2 aliphatic heterocycles.